The SMILES string of the molecule is FC(F)(F)c1cccc(SCCN2CC3CNCC3C2)c1. The van der Waals surface area contributed by atoms with Crippen LogP contribution in [0.5, 0.6) is 0 Å². The summed E-state index contributed by atoms with van der Waals surface area (Å²) in [7, 11) is 0. The standard InChI is InChI=1S/C15H19F3N2S/c16-15(17,18)13-2-1-3-14(6-13)21-5-4-20-9-11-7-19-8-12(11)10-20/h1-3,6,11-12,19H,4-5,7-10H2. The summed E-state index contributed by atoms with van der Waals surface area (Å²) < 4.78 is 37.9. The molecule has 0 saturated carbocycles. The van der Waals surface area contributed by atoms with Crippen LogP contribution in [0.25, 0.3) is 0 Å². The smallest absolute Gasteiger partial charge is 0.316 e. The van der Waals surface area contributed by atoms with E-state index in [1.807, 2.05) is 0 Å². The van der Waals surface area contributed by atoms with E-state index in [0.717, 1.165) is 56.4 Å². The van der Waals surface area contributed by atoms with Gasteiger partial charge in [0.05, 0.1) is 5.56 Å². The Hall–Kier alpha value is -0.720. The van der Waals surface area contributed by atoms with Crippen LogP contribution in [0.3, 0.4) is 0 Å². The van der Waals surface area contributed by atoms with Gasteiger partial charge in [0.2, 0.25) is 0 Å². The second-order valence-electron chi connectivity index (χ2n) is 5.81. The van der Waals surface area contributed by atoms with E-state index >= 15 is 0 Å². The van der Waals surface area contributed by atoms with Crippen molar-refractivity contribution >= 4 is 11.8 Å². The largest absolute Gasteiger partial charge is 0.416 e. The number of alkyl halides is 3. The molecule has 2 unspecified atom stereocenters. The van der Waals surface area contributed by atoms with Crippen LogP contribution in [-0.2, 0) is 6.18 Å². The topological polar surface area (TPSA) is 15.3 Å². The number of thioether (sulfide) groups is 1. The number of likely N-dealkylation sites (tertiary alicyclic amines) is 1. The second kappa shape index (κ2) is 6.18. The number of rotatable bonds is 4. The minimum Gasteiger partial charge on any atom is -0.316 e. The van der Waals surface area contributed by atoms with Gasteiger partial charge in [0.1, 0.15) is 0 Å². The van der Waals surface area contributed by atoms with E-state index in [4.69, 9.17) is 0 Å². The van der Waals surface area contributed by atoms with Gasteiger partial charge in [-0.25, -0.2) is 0 Å². The van der Waals surface area contributed by atoms with Crippen LogP contribution in [0.15, 0.2) is 29.2 Å². The van der Waals surface area contributed by atoms with Gasteiger partial charge in [-0.05, 0) is 43.1 Å². The molecule has 116 valence electrons. The Morgan fingerprint density at radius 2 is 1.90 bits per heavy atom. The van der Waals surface area contributed by atoms with Gasteiger partial charge >= 0.3 is 6.18 Å². The van der Waals surface area contributed by atoms with Crippen LogP contribution in [0.2, 0.25) is 0 Å². The molecule has 2 saturated heterocycles. The van der Waals surface area contributed by atoms with Crippen molar-refractivity contribution in [2.45, 2.75) is 11.1 Å². The number of hydrogen-bond donors (Lipinski definition) is 1. The van der Waals surface area contributed by atoms with Gasteiger partial charge in [0.25, 0.3) is 0 Å². The maximum Gasteiger partial charge on any atom is 0.416 e. The third-order valence-corrected chi connectivity index (χ3v) is 5.28. The number of nitrogens with zero attached hydrogens (tertiary/aromatic N) is 1. The number of fused-ring (bicyclic) bond motifs is 1. The zero-order valence-electron chi connectivity index (χ0n) is 11.7. The van der Waals surface area contributed by atoms with E-state index < -0.39 is 11.7 Å². The fourth-order valence-corrected chi connectivity index (χ4v) is 4.16. The first-order valence-corrected chi connectivity index (χ1v) is 8.24. The third kappa shape index (κ3) is 3.73. The Labute approximate surface area is 127 Å². The molecule has 2 heterocycles. The molecule has 2 nitrogen and oxygen atoms in total. The van der Waals surface area contributed by atoms with E-state index in [-0.39, 0.29) is 0 Å². The number of nitrogens with one attached hydrogen (secondary N) is 1. The second-order valence-corrected chi connectivity index (χ2v) is 6.98. The molecular formula is C15H19F3N2S. The number of benzene rings is 1. The zero-order chi connectivity index (χ0) is 14.9. The highest BCUT2D eigenvalue weighted by molar-refractivity contribution is 7.99. The Morgan fingerprint density at radius 3 is 2.57 bits per heavy atom. The van der Waals surface area contributed by atoms with Crippen molar-refractivity contribution < 1.29 is 13.2 Å². The molecule has 0 spiro atoms. The predicted molar refractivity (Wildman–Crippen MR) is 78.5 cm³/mol. The fraction of sp³-hybridized carbons (Fsp3) is 0.600. The molecule has 0 bridgehead atoms. The highest BCUT2D eigenvalue weighted by atomic mass is 32.2. The third-order valence-electron chi connectivity index (χ3n) is 4.30. The summed E-state index contributed by atoms with van der Waals surface area (Å²) in [6, 6.07) is 5.60. The summed E-state index contributed by atoms with van der Waals surface area (Å²) in [5.74, 6) is 2.38. The van der Waals surface area contributed by atoms with Crippen molar-refractivity contribution in [3.05, 3.63) is 29.8 Å². The first-order valence-electron chi connectivity index (χ1n) is 7.25. The van der Waals surface area contributed by atoms with Crippen molar-refractivity contribution in [1.29, 1.82) is 0 Å². The minimum absolute atomic E-state index is 0.561. The lowest BCUT2D eigenvalue weighted by Crippen LogP contribution is -2.27. The van der Waals surface area contributed by atoms with Crippen LogP contribution in [0.4, 0.5) is 13.2 Å². The molecule has 1 aromatic rings. The molecule has 2 aliphatic heterocycles. The van der Waals surface area contributed by atoms with Gasteiger partial charge in [0.15, 0.2) is 0 Å². The van der Waals surface area contributed by atoms with Crippen molar-refractivity contribution in [3.63, 3.8) is 0 Å². The lowest BCUT2D eigenvalue weighted by molar-refractivity contribution is -0.137. The minimum atomic E-state index is -4.25. The average Bonchev–Trinajstić information content (AvgIpc) is 2.99. The Balaban J connectivity index is 1.47. The fourth-order valence-electron chi connectivity index (χ4n) is 3.19. The molecule has 6 heteroatoms. The van der Waals surface area contributed by atoms with E-state index in [1.165, 1.54) is 23.9 Å². The van der Waals surface area contributed by atoms with Gasteiger partial charge < -0.3 is 10.2 Å². The zero-order valence-corrected chi connectivity index (χ0v) is 12.5. The summed E-state index contributed by atoms with van der Waals surface area (Å²) in [4.78, 5) is 3.14. The molecule has 2 aliphatic rings. The first-order chi connectivity index (χ1) is 10.0. The maximum absolute atomic E-state index is 12.6. The Kier molecular flexibility index (Phi) is 4.47. The van der Waals surface area contributed by atoms with Crippen molar-refractivity contribution in [2.24, 2.45) is 11.8 Å². The Bertz CT molecular complexity index is 480. The number of halogens is 3. The molecule has 0 aliphatic carbocycles. The molecule has 0 aromatic heterocycles. The van der Waals surface area contributed by atoms with Crippen molar-refractivity contribution in [2.75, 3.05) is 38.5 Å². The molecule has 0 radical (unpaired) electrons. The Morgan fingerprint density at radius 1 is 1.19 bits per heavy atom. The van der Waals surface area contributed by atoms with Crippen LogP contribution in [-0.4, -0.2) is 43.4 Å². The predicted octanol–water partition coefficient (Wildman–Crippen LogP) is 2.95. The van der Waals surface area contributed by atoms with Crippen LogP contribution in [0.1, 0.15) is 5.56 Å². The normalized spacial score (nSPS) is 26.2. The maximum atomic E-state index is 12.6. The summed E-state index contributed by atoms with van der Waals surface area (Å²) >= 11 is 1.51. The van der Waals surface area contributed by atoms with Crippen LogP contribution < -0.4 is 5.32 Å². The van der Waals surface area contributed by atoms with Gasteiger partial charge in [-0.2, -0.15) is 13.2 Å². The molecular weight excluding hydrogens is 297 g/mol. The van der Waals surface area contributed by atoms with Gasteiger partial charge in [-0.15, -0.1) is 11.8 Å². The van der Waals surface area contributed by atoms with Crippen LogP contribution >= 0.6 is 11.8 Å². The first kappa shape index (κ1) is 15.2. The molecule has 2 atom stereocenters. The van der Waals surface area contributed by atoms with Crippen molar-refractivity contribution in [1.82, 2.24) is 10.2 Å². The summed E-state index contributed by atoms with van der Waals surface area (Å²) in [6.07, 6.45) is -4.25. The molecule has 21 heavy (non-hydrogen) atoms. The highest BCUT2D eigenvalue weighted by Crippen LogP contribution is 2.32. The lowest BCUT2D eigenvalue weighted by Gasteiger charge is -2.16. The highest BCUT2D eigenvalue weighted by Gasteiger charge is 2.35. The van der Waals surface area contributed by atoms with E-state index in [1.54, 1.807) is 6.07 Å². The molecule has 0 amide bonds. The molecule has 1 aromatic carbocycles. The monoisotopic (exact) mass is 316 g/mol. The van der Waals surface area contributed by atoms with Gasteiger partial charge in [-0.3, -0.25) is 0 Å². The summed E-state index contributed by atoms with van der Waals surface area (Å²) in [6.45, 7) is 5.43. The van der Waals surface area contributed by atoms with Gasteiger partial charge in [-0.1, -0.05) is 6.07 Å². The molecule has 2 fully saturated rings. The van der Waals surface area contributed by atoms with E-state index in [9.17, 15) is 13.2 Å². The average molecular weight is 316 g/mol. The van der Waals surface area contributed by atoms with E-state index in [2.05, 4.69) is 10.2 Å². The van der Waals surface area contributed by atoms with Gasteiger partial charge in [0, 0.05) is 30.3 Å². The lowest BCUT2D eigenvalue weighted by atomic mass is 10.0. The summed E-state index contributed by atoms with van der Waals surface area (Å²) in [5.41, 5.74) is -0.561. The molecule has 3 rings (SSSR count). The van der Waals surface area contributed by atoms with Crippen molar-refractivity contribution in [3.8, 4) is 0 Å². The van der Waals surface area contributed by atoms with Crippen LogP contribution in [0, 0.1) is 11.8 Å². The molecule has 1 N–H and O–H groups in total. The van der Waals surface area contributed by atoms with E-state index in [0.29, 0.717) is 4.90 Å². The summed E-state index contributed by atoms with van der Waals surface area (Å²) in [5, 5.41) is 3.41. The number of hydrogen-bond acceptors (Lipinski definition) is 3. The quantitative estimate of drug-likeness (QED) is 0.860.